The number of benzene rings is 2. The van der Waals surface area contributed by atoms with E-state index in [1.165, 1.54) is 4.90 Å². The normalized spacial score (nSPS) is 26.5. The molecule has 0 radical (unpaired) electrons. The zero-order chi connectivity index (χ0) is 18.6. The fourth-order valence-corrected chi connectivity index (χ4v) is 3.64. The van der Waals surface area contributed by atoms with Gasteiger partial charge >= 0.3 is 6.09 Å². The summed E-state index contributed by atoms with van der Waals surface area (Å²) < 4.78 is 17.4. The molecular weight excluding hydrogens is 344 g/mol. The third-order valence-electron chi connectivity index (χ3n) is 4.96. The van der Waals surface area contributed by atoms with Gasteiger partial charge in [0, 0.05) is 0 Å². The molecular formula is C21H20N2O4. The summed E-state index contributed by atoms with van der Waals surface area (Å²) in [6.07, 6.45) is -1.44. The highest BCUT2D eigenvalue weighted by Gasteiger charge is 2.57. The van der Waals surface area contributed by atoms with Gasteiger partial charge in [0.1, 0.15) is 18.8 Å². The summed E-state index contributed by atoms with van der Waals surface area (Å²) in [6.45, 7) is 0.944. The maximum absolute atomic E-state index is 12.1. The second kappa shape index (κ2) is 7.78. The number of amides is 1. The molecule has 4 atom stereocenters. The monoisotopic (exact) mass is 364 g/mol. The smallest absolute Gasteiger partial charge is 0.411 e. The molecule has 6 heteroatoms. The van der Waals surface area contributed by atoms with Crippen LogP contribution in [-0.2, 0) is 27.4 Å². The molecule has 0 bridgehead atoms. The summed E-state index contributed by atoms with van der Waals surface area (Å²) in [5.74, 6) is 0. The summed E-state index contributed by atoms with van der Waals surface area (Å²) in [7, 11) is 0. The number of cyclic esters (lactones) is 1. The molecule has 0 aliphatic carbocycles. The van der Waals surface area contributed by atoms with Gasteiger partial charge in [-0.15, -0.1) is 0 Å². The number of hydrogen-bond donors (Lipinski definition) is 0. The van der Waals surface area contributed by atoms with E-state index in [0.717, 1.165) is 11.1 Å². The molecule has 6 nitrogen and oxygen atoms in total. The molecule has 0 unspecified atom stereocenters. The Bertz CT molecular complexity index is 821. The zero-order valence-electron chi connectivity index (χ0n) is 14.7. The van der Waals surface area contributed by atoms with E-state index in [1.807, 2.05) is 60.7 Å². The molecule has 0 spiro atoms. The van der Waals surface area contributed by atoms with Crippen LogP contribution in [0.4, 0.5) is 4.79 Å². The van der Waals surface area contributed by atoms with E-state index >= 15 is 0 Å². The van der Waals surface area contributed by atoms with Gasteiger partial charge in [-0.05, 0) is 11.1 Å². The van der Waals surface area contributed by atoms with Gasteiger partial charge in [-0.1, -0.05) is 60.7 Å². The van der Waals surface area contributed by atoms with Crippen molar-refractivity contribution in [2.45, 2.75) is 37.5 Å². The molecule has 2 aromatic rings. The standard InChI is InChI=1S/C21H20N2O4/c22-11-17-19(25-12-15-7-3-1-4-8-15)20(18-14-27-21(24)23(17)18)26-13-16-9-5-2-6-10-16/h1-10,17-20H,12-14H2/t17-,18+,19-,20-/m1/s1. The molecule has 2 aliphatic heterocycles. The minimum Gasteiger partial charge on any atom is -0.447 e. The Hall–Kier alpha value is -2.88. The first-order valence-electron chi connectivity index (χ1n) is 8.93. The topological polar surface area (TPSA) is 71.8 Å². The van der Waals surface area contributed by atoms with Crippen molar-refractivity contribution in [3.8, 4) is 6.07 Å². The molecule has 4 rings (SSSR count). The third kappa shape index (κ3) is 3.52. The minimum absolute atomic E-state index is 0.210. The number of fused-ring (bicyclic) bond motifs is 1. The number of ether oxygens (including phenoxy) is 3. The van der Waals surface area contributed by atoms with Gasteiger partial charge < -0.3 is 14.2 Å². The van der Waals surface area contributed by atoms with Crippen molar-refractivity contribution in [2.24, 2.45) is 0 Å². The van der Waals surface area contributed by atoms with Gasteiger partial charge in [0.25, 0.3) is 0 Å². The van der Waals surface area contributed by atoms with Crippen LogP contribution in [0.3, 0.4) is 0 Å². The number of carbonyl (C=O) groups excluding carboxylic acids is 1. The number of rotatable bonds is 6. The predicted molar refractivity (Wildman–Crippen MR) is 96.4 cm³/mol. The van der Waals surface area contributed by atoms with Crippen molar-refractivity contribution in [2.75, 3.05) is 6.61 Å². The quantitative estimate of drug-likeness (QED) is 0.788. The van der Waals surface area contributed by atoms with E-state index in [-0.39, 0.29) is 12.6 Å². The first-order chi connectivity index (χ1) is 13.3. The van der Waals surface area contributed by atoms with Crippen molar-refractivity contribution < 1.29 is 19.0 Å². The molecule has 0 aromatic heterocycles. The Balaban J connectivity index is 1.52. The van der Waals surface area contributed by atoms with E-state index in [1.54, 1.807) is 0 Å². The van der Waals surface area contributed by atoms with E-state index in [4.69, 9.17) is 14.2 Å². The van der Waals surface area contributed by atoms with Crippen LogP contribution >= 0.6 is 0 Å². The number of nitriles is 1. The first kappa shape index (κ1) is 17.5. The van der Waals surface area contributed by atoms with Crippen molar-refractivity contribution in [1.29, 1.82) is 5.26 Å². The van der Waals surface area contributed by atoms with E-state index < -0.39 is 24.3 Å². The summed E-state index contributed by atoms with van der Waals surface area (Å²) in [6, 6.07) is 20.7. The molecule has 2 aliphatic rings. The van der Waals surface area contributed by atoms with E-state index in [2.05, 4.69) is 6.07 Å². The molecule has 1 amide bonds. The van der Waals surface area contributed by atoms with Gasteiger partial charge in [0.15, 0.2) is 6.04 Å². The summed E-state index contributed by atoms with van der Waals surface area (Å²) in [5.41, 5.74) is 2.03. The van der Waals surface area contributed by atoms with Crippen molar-refractivity contribution >= 4 is 6.09 Å². The first-order valence-corrected chi connectivity index (χ1v) is 8.93. The number of nitrogens with zero attached hydrogens (tertiary/aromatic N) is 2. The molecule has 2 aromatic carbocycles. The molecule has 27 heavy (non-hydrogen) atoms. The van der Waals surface area contributed by atoms with Crippen LogP contribution in [0.5, 0.6) is 0 Å². The Labute approximate surface area is 157 Å². The van der Waals surface area contributed by atoms with Gasteiger partial charge in [0.05, 0.1) is 25.3 Å². The maximum atomic E-state index is 12.1. The Kier molecular flexibility index (Phi) is 5.05. The molecule has 0 N–H and O–H groups in total. The van der Waals surface area contributed by atoms with Crippen LogP contribution in [0.15, 0.2) is 60.7 Å². The van der Waals surface area contributed by atoms with Crippen molar-refractivity contribution in [3.63, 3.8) is 0 Å². The van der Waals surface area contributed by atoms with Gasteiger partial charge in [-0.25, -0.2) is 4.79 Å². The third-order valence-corrected chi connectivity index (χ3v) is 4.96. The second-order valence-electron chi connectivity index (χ2n) is 6.65. The predicted octanol–water partition coefficient (Wildman–Crippen LogP) is 2.88. The average Bonchev–Trinajstić information content (AvgIpc) is 3.23. The number of hydrogen-bond acceptors (Lipinski definition) is 5. The lowest BCUT2D eigenvalue weighted by atomic mass is 10.1. The Morgan fingerprint density at radius 3 is 2.07 bits per heavy atom. The zero-order valence-corrected chi connectivity index (χ0v) is 14.7. The Morgan fingerprint density at radius 2 is 1.52 bits per heavy atom. The van der Waals surface area contributed by atoms with Crippen LogP contribution in [0.1, 0.15) is 11.1 Å². The molecule has 2 heterocycles. The highest BCUT2D eigenvalue weighted by atomic mass is 16.6. The van der Waals surface area contributed by atoms with Crippen LogP contribution in [-0.4, -0.2) is 41.9 Å². The van der Waals surface area contributed by atoms with E-state index in [0.29, 0.717) is 13.2 Å². The fourth-order valence-electron chi connectivity index (χ4n) is 3.64. The largest absolute Gasteiger partial charge is 0.447 e. The van der Waals surface area contributed by atoms with Gasteiger partial charge in [-0.2, -0.15) is 5.26 Å². The van der Waals surface area contributed by atoms with Crippen LogP contribution in [0, 0.1) is 11.3 Å². The second-order valence-corrected chi connectivity index (χ2v) is 6.65. The highest BCUT2D eigenvalue weighted by molar-refractivity contribution is 5.72. The minimum atomic E-state index is -0.727. The van der Waals surface area contributed by atoms with Crippen LogP contribution in [0.2, 0.25) is 0 Å². The lowest BCUT2D eigenvalue weighted by Crippen LogP contribution is -2.39. The van der Waals surface area contributed by atoms with Crippen LogP contribution < -0.4 is 0 Å². The summed E-state index contributed by atoms with van der Waals surface area (Å²) >= 11 is 0. The van der Waals surface area contributed by atoms with Crippen molar-refractivity contribution in [3.05, 3.63) is 71.8 Å². The summed E-state index contributed by atoms with van der Waals surface area (Å²) in [4.78, 5) is 13.6. The summed E-state index contributed by atoms with van der Waals surface area (Å²) in [5, 5.41) is 9.67. The molecule has 0 saturated carbocycles. The van der Waals surface area contributed by atoms with E-state index in [9.17, 15) is 10.1 Å². The molecule has 2 fully saturated rings. The molecule has 2 saturated heterocycles. The van der Waals surface area contributed by atoms with Gasteiger partial charge in [-0.3, -0.25) is 4.90 Å². The van der Waals surface area contributed by atoms with Gasteiger partial charge in [0.2, 0.25) is 0 Å². The highest BCUT2D eigenvalue weighted by Crippen LogP contribution is 2.35. The molecule has 138 valence electrons. The fraction of sp³-hybridized carbons (Fsp3) is 0.333. The maximum Gasteiger partial charge on any atom is 0.411 e. The lowest BCUT2D eigenvalue weighted by Gasteiger charge is -2.24. The van der Waals surface area contributed by atoms with Crippen molar-refractivity contribution in [1.82, 2.24) is 4.90 Å². The Morgan fingerprint density at radius 1 is 0.963 bits per heavy atom. The number of carbonyl (C=O) groups is 1. The SMILES string of the molecule is N#C[C@@H]1[C@@H](OCc2ccccc2)[C@H](OCc2ccccc2)[C@@H]2COC(=O)N12. The average molecular weight is 364 g/mol. The lowest BCUT2D eigenvalue weighted by molar-refractivity contribution is -0.0780. The van der Waals surface area contributed by atoms with Crippen LogP contribution in [0.25, 0.3) is 0 Å².